The molecule has 0 bridgehead atoms. The zero-order valence-corrected chi connectivity index (χ0v) is 13.5. The Hall–Kier alpha value is -0.670. The van der Waals surface area contributed by atoms with Crippen molar-refractivity contribution < 1.29 is 4.21 Å². The number of rotatable bonds is 5. The molecule has 0 N–H and O–H groups in total. The highest BCUT2D eigenvalue weighted by molar-refractivity contribution is 7.86. The second-order valence-corrected chi connectivity index (χ2v) is 8.83. The second kappa shape index (κ2) is 5.51. The third-order valence-electron chi connectivity index (χ3n) is 5.42. The Morgan fingerprint density at radius 1 is 1.19 bits per heavy atom. The fourth-order valence-electron chi connectivity index (χ4n) is 3.97. The molecule has 0 atom stereocenters. The van der Waals surface area contributed by atoms with Crippen molar-refractivity contribution in [3.05, 3.63) is 35.4 Å². The lowest BCUT2D eigenvalue weighted by atomic mass is 9.91. The van der Waals surface area contributed by atoms with Crippen LogP contribution in [0.1, 0.15) is 42.7 Å². The van der Waals surface area contributed by atoms with E-state index in [9.17, 15) is 4.21 Å². The SMILES string of the molecule is O=S1CC2(CCN(CCCc3ccc(C4CC4)cc3)C2)C1. The minimum Gasteiger partial charge on any atom is -0.303 e. The zero-order chi connectivity index (χ0) is 14.3. The minimum absolute atomic E-state index is 0.441. The van der Waals surface area contributed by atoms with Crippen LogP contribution < -0.4 is 0 Å². The summed E-state index contributed by atoms with van der Waals surface area (Å²) < 4.78 is 11.3. The number of likely N-dealkylation sites (tertiary alicyclic amines) is 1. The molecule has 3 aliphatic rings. The lowest BCUT2D eigenvalue weighted by Gasteiger charge is -2.37. The largest absolute Gasteiger partial charge is 0.303 e. The van der Waals surface area contributed by atoms with E-state index in [1.165, 1.54) is 57.3 Å². The standard InChI is InChI=1S/C18H25NOS/c20-21-13-18(14-21)9-11-19(12-18)10-1-2-15-3-5-16(6-4-15)17-7-8-17/h3-6,17H,1-2,7-14H2. The Labute approximate surface area is 130 Å². The molecule has 1 aromatic rings. The van der Waals surface area contributed by atoms with Gasteiger partial charge in [-0.2, -0.15) is 0 Å². The van der Waals surface area contributed by atoms with Gasteiger partial charge in [0.2, 0.25) is 0 Å². The van der Waals surface area contributed by atoms with E-state index in [1.54, 1.807) is 5.56 Å². The van der Waals surface area contributed by atoms with Crippen molar-refractivity contribution in [2.24, 2.45) is 5.41 Å². The van der Waals surface area contributed by atoms with Gasteiger partial charge in [0.15, 0.2) is 0 Å². The third kappa shape index (κ3) is 3.09. The van der Waals surface area contributed by atoms with Crippen LogP contribution in [0.25, 0.3) is 0 Å². The molecule has 1 aliphatic carbocycles. The van der Waals surface area contributed by atoms with Crippen LogP contribution in [0, 0.1) is 5.41 Å². The summed E-state index contributed by atoms with van der Waals surface area (Å²) in [5.41, 5.74) is 3.47. The molecule has 3 heteroatoms. The first kappa shape index (κ1) is 14.0. The van der Waals surface area contributed by atoms with Crippen molar-refractivity contribution in [2.75, 3.05) is 31.1 Å². The molecule has 0 amide bonds. The van der Waals surface area contributed by atoms with Crippen LogP contribution in [0.4, 0.5) is 0 Å². The van der Waals surface area contributed by atoms with Gasteiger partial charge in [-0.25, -0.2) is 0 Å². The van der Waals surface area contributed by atoms with Crippen LogP contribution in [0.15, 0.2) is 24.3 Å². The highest BCUT2D eigenvalue weighted by atomic mass is 32.2. The second-order valence-electron chi connectivity index (χ2n) is 7.37. The Morgan fingerprint density at radius 2 is 1.95 bits per heavy atom. The van der Waals surface area contributed by atoms with Crippen LogP contribution >= 0.6 is 0 Å². The van der Waals surface area contributed by atoms with E-state index in [4.69, 9.17) is 0 Å². The summed E-state index contributed by atoms with van der Waals surface area (Å²) in [5.74, 6) is 2.80. The van der Waals surface area contributed by atoms with Crippen LogP contribution in [0.5, 0.6) is 0 Å². The first-order valence-corrected chi connectivity index (χ1v) is 9.88. The molecule has 1 saturated carbocycles. The molecule has 0 unspecified atom stereocenters. The number of benzene rings is 1. The summed E-state index contributed by atoms with van der Waals surface area (Å²) in [7, 11) is -0.499. The van der Waals surface area contributed by atoms with Gasteiger partial charge in [0.25, 0.3) is 0 Å². The molecule has 3 fully saturated rings. The summed E-state index contributed by atoms with van der Waals surface area (Å²) in [4.78, 5) is 2.59. The lowest BCUT2D eigenvalue weighted by molar-refractivity contribution is 0.282. The summed E-state index contributed by atoms with van der Waals surface area (Å²) >= 11 is 0. The van der Waals surface area contributed by atoms with Gasteiger partial charge in [0.1, 0.15) is 0 Å². The molecular formula is C18H25NOS. The topological polar surface area (TPSA) is 20.3 Å². The number of nitrogens with zero attached hydrogens (tertiary/aromatic N) is 1. The lowest BCUT2D eigenvalue weighted by Crippen LogP contribution is -2.46. The number of hydrogen-bond acceptors (Lipinski definition) is 2. The molecule has 2 saturated heterocycles. The predicted molar refractivity (Wildman–Crippen MR) is 88.1 cm³/mol. The van der Waals surface area contributed by atoms with Crippen LogP contribution in [-0.4, -0.2) is 40.2 Å². The minimum atomic E-state index is -0.499. The molecule has 114 valence electrons. The van der Waals surface area contributed by atoms with E-state index in [1.807, 2.05) is 0 Å². The monoisotopic (exact) mass is 303 g/mol. The molecular weight excluding hydrogens is 278 g/mol. The van der Waals surface area contributed by atoms with E-state index >= 15 is 0 Å². The fourth-order valence-corrected chi connectivity index (χ4v) is 5.73. The molecule has 0 aromatic heterocycles. The molecule has 21 heavy (non-hydrogen) atoms. The first-order chi connectivity index (χ1) is 10.2. The van der Waals surface area contributed by atoms with Gasteiger partial charge in [-0.3, -0.25) is 4.21 Å². The maximum atomic E-state index is 11.3. The number of aryl methyl sites for hydroxylation is 1. The van der Waals surface area contributed by atoms with Gasteiger partial charge >= 0.3 is 0 Å². The van der Waals surface area contributed by atoms with Crippen molar-refractivity contribution in [1.82, 2.24) is 4.90 Å². The Morgan fingerprint density at radius 3 is 2.62 bits per heavy atom. The Bertz CT molecular complexity index is 527. The van der Waals surface area contributed by atoms with Crippen molar-refractivity contribution in [2.45, 2.75) is 38.0 Å². The molecule has 1 aromatic carbocycles. The summed E-state index contributed by atoms with van der Waals surface area (Å²) in [6.45, 7) is 3.62. The van der Waals surface area contributed by atoms with Crippen molar-refractivity contribution in [1.29, 1.82) is 0 Å². The Balaban J connectivity index is 1.22. The van der Waals surface area contributed by atoms with Gasteiger partial charge in [-0.1, -0.05) is 24.3 Å². The van der Waals surface area contributed by atoms with Crippen molar-refractivity contribution >= 4 is 10.8 Å². The van der Waals surface area contributed by atoms with Gasteiger partial charge in [-0.05, 0) is 62.2 Å². The van der Waals surface area contributed by atoms with Crippen LogP contribution in [0.3, 0.4) is 0 Å². The van der Waals surface area contributed by atoms with E-state index in [0.29, 0.717) is 5.41 Å². The third-order valence-corrected chi connectivity index (χ3v) is 7.29. The van der Waals surface area contributed by atoms with E-state index in [2.05, 4.69) is 29.2 Å². The molecule has 1 spiro atoms. The average molecular weight is 303 g/mol. The molecule has 2 nitrogen and oxygen atoms in total. The van der Waals surface area contributed by atoms with Crippen LogP contribution in [0.2, 0.25) is 0 Å². The molecule has 0 radical (unpaired) electrons. The van der Waals surface area contributed by atoms with Gasteiger partial charge in [-0.15, -0.1) is 0 Å². The number of hydrogen-bond donors (Lipinski definition) is 0. The molecule has 4 rings (SSSR count). The van der Waals surface area contributed by atoms with Gasteiger partial charge in [0.05, 0.1) is 0 Å². The fraction of sp³-hybridized carbons (Fsp3) is 0.667. The maximum absolute atomic E-state index is 11.3. The average Bonchev–Trinajstić information content (AvgIpc) is 3.22. The van der Waals surface area contributed by atoms with E-state index in [0.717, 1.165) is 17.4 Å². The van der Waals surface area contributed by atoms with Gasteiger partial charge in [0, 0.05) is 34.3 Å². The highest BCUT2D eigenvalue weighted by Crippen LogP contribution is 2.40. The first-order valence-electron chi connectivity index (χ1n) is 8.39. The normalized spacial score (nSPS) is 32.5. The smallest absolute Gasteiger partial charge is 0.0313 e. The summed E-state index contributed by atoms with van der Waals surface area (Å²) in [5, 5.41) is 0. The highest BCUT2D eigenvalue weighted by Gasteiger charge is 2.47. The predicted octanol–water partition coefficient (Wildman–Crippen LogP) is 2.95. The van der Waals surface area contributed by atoms with E-state index < -0.39 is 10.8 Å². The molecule has 2 aliphatic heterocycles. The Kier molecular flexibility index (Phi) is 3.66. The van der Waals surface area contributed by atoms with Crippen molar-refractivity contribution in [3.8, 4) is 0 Å². The van der Waals surface area contributed by atoms with Gasteiger partial charge < -0.3 is 4.90 Å². The van der Waals surface area contributed by atoms with E-state index in [-0.39, 0.29) is 0 Å². The summed E-state index contributed by atoms with van der Waals surface area (Å²) in [6.07, 6.45) is 6.50. The quantitative estimate of drug-likeness (QED) is 0.833. The van der Waals surface area contributed by atoms with Crippen molar-refractivity contribution in [3.63, 3.8) is 0 Å². The molecule has 2 heterocycles. The summed E-state index contributed by atoms with van der Waals surface area (Å²) in [6, 6.07) is 9.32. The van der Waals surface area contributed by atoms with Crippen LogP contribution in [-0.2, 0) is 17.2 Å². The zero-order valence-electron chi connectivity index (χ0n) is 12.7. The maximum Gasteiger partial charge on any atom is 0.0313 e.